The molecule has 0 bridgehead atoms. The number of likely N-dealkylation sites (N-methyl/N-ethyl adjacent to an activating group) is 1. The molecule has 2 heterocycles. The molecular formula is C25H26Cl2N4O4S. The van der Waals surface area contributed by atoms with Gasteiger partial charge in [0, 0.05) is 37.8 Å². The van der Waals surface area contributed by atoms with E-state index in [0.717, 1.165) is 34.4 Å². The highest BCUT2D eigenvalue weighted by Crippen LogP contribution is 2.28. The maximum Gasteiger partial charge on any atom is 0.256 e. The number of hydrogen-bond donors (Lipinski definition) is 1. The highest BCUT2D eigenvalue weighted by Gasteiger charge is 2.25. The predicted octanol–water partition coefficient (Wildman–Crippen LogP) is 4.07. The van der Waals surface area contributed by atoms with E-state index in [-0.39, 0.29) is 22.4 Å². The SMILES string of the molecule is CN(CCc1ccc(C2=NCCN2)cc1)C(=O)c1coc(CN(C)S(=O)(=O)c2ccc(Cl)cc2Cl)c1. The van der Waals surface area contributed by atoms with Gasteiger partial charge in [0.25, 0.3) is 5.91 Å². The summed E-state index contributed by atoms with van der Waals surface area (Å²) in [5.41, 5.74) is 2.51. The van der Waals surface area contributed by atoms with Crippen LogP contribution >= 0.6 is 23.2 Å². The minimum absolute atomic E-state index is 0.0323. The van der Waals surface area contributed by atoms with E-state index in [1.165, 1.54) is 31.5 Å². The van der Waals surface area contributed by atoms with Crippen LogP contribution in [-0.4, -0.2) is 63.1 Å². The lowest BCUT2D eigenvalue weighted by Gasteiger charge is -2.17. The van der Waals surface area contributed by atoms with Crippen molar-refractivity contribution in [1.29, 1.82) is 0 Å². The topological polar surface area (TPSA) is 95.2 Å². The molecule has 36 heavy (non-hydrogen) atoms. The molecule has 1 amide bonds. The number of amides is 1. The number of furan rings is 1. The summed E-state index contributed by atoms with van der Waals surface area (Å²) in [5, 5.41) is 3.62. The van der Waals surface area contributed by atoms with E-state index >= 15 is 0 Å². The summed E-state index contributed by atoms with van der Waals surface area (Å²) in [5.74, 6) is 1.04. The quantitative estimate of drug-likeness (QED) is 0.434. The first kappa shape index (κ1) is 26.2. The lowest BCUT2D eigenvalue weighted by molar-refractivity contribution is 0.0796. The van der Waals surface area contributed by atoms with Gasteiger partial charge in [0.2, 0.25) is 10.0 Å². The van der Waals surface area contributed by atoms with Crippen LogP contribution in [0.15, 0.2) is 69.1 Å². The predicted molar refractivity (Wildman–Crippen MR) is 140 cm³/mol. The van der Waals surface area contributed by atoms with Gasteiger partial charge in [0.15, 0.2) is 0 Å². The molecule has 2 aromatic carbocycles. The first-order valence-electron chi connectivity index (χ1n) is 11.3. The molecule has 0 saturated heterocycles. The summed E-state index contributed by atoms with van der Waals surface area (Å²) >= 11 is 12.0. The second-order valence-electron chi connectivity index (χ2n) is 8.47. The van der Waals surface area contributed by atoms with Gasteiger partial charge >= 0.3 is 0 Å². The Hall–Kier alpha value is -2.85. The number of carbonyl (C=O) groups is 1. The smallest absolute Gasteiger partial charge is 0.256 e. The van der Waals surface area contributed by atoms with Crippen molar-refractivity contribution in [2.75, 3.05) is 33.7 Å². The number of amidine groups is 1. The van der Waals surface area contributed by atoms with Gasteiger partial charge in [-0.25, -0.2) is 8.42 Å². The van der Waals surface area contributed by atoms with Crippen molar-refractivity contribution in [1.82, 2.24) is 14.5 Å². The number of sulfonamides is 1. The Morgan fingerprint density at radius 1 is 1.11 bits per heavy atom. The Labute approximate surface area is 220 Å². The van der Waals surface area contributed by atoms with E-state index in [1.807, 2.05) is 24.3 Å². The van der Waals surface area contributed by atoms with Gasteiger partial charge in [0.05, 0.1) is 23.7 Å². The molecule has 4 rings (SSSR count). The summed E-state index contributed by atoms with van der Waals surface area (Å²) < 4.78 is 32.4. The minimum atomic E-state index is -3.88. The molecule has 1 N–H and O–H groups in total. The van der Waals surface area contributed by atoms with E-state index in [0.29, 0.717) is 29.3 Å². The lowest BCUT2D eigenvalue weighted by atomic mass is 10.1. The van der Waals surface area contributed by atoms with Crippen LogP contribution in [-0.2, 0) is 23.0 Å². The summed E-state index contributed by atoms with van der Waals surface area (Å²) in [7, 11) is -0.748. The van der Waals surface area contributed by atoms with Crippen LogP contribution in [0.5, 0.6) is 0 Å². The average Bonchev–Trinajstić information content (AvgIpc) is 3.55. The largest absolute Gasteiger partial charge is 0.467 e. The minimum Gasteiger partial charge on any atom is -0.467 e. The van der Waals surface area contributed by atoms with Gasteiger partial charge in [-0.3, -0.25) is 9.79 Å². The summed E-state index contributed by atoms with van der Waals surface area (Å²) in [4.78, 5) is 18.8. The average molecular weight is 549 g/mol. The molecule has 0 saturated carbocycles. The van der Waals surface area contributed by atoms with E-state index in [4.69, 9.17) is 27.6 Å². The van der Waals surface area contributed by atoms with Crippen LogP contribution in [0.25, 0.3) is 0 Å². The monoisotopic (exact) mass is 548 g/mol. The molecule has 0 unspecified atom stereocenters. The highest BCUT2D eigenvalue weighted by molar-refractivity contribution is 7.89. The van der Waals surface area contributed by atoms with Crippen molar-refractivity contribution < 1.29 is 17.6 Å². The van der Waals surface area contributed by atoms with Gasteiger partial charge in [-0.05, 0) is 36.2 Å². The Bertz CT molecular complexity index is 1390. The second kappa shape index (κ2) is 11.0. The molecule has 0 atom stereocenters. The van der Waals surface area contributed by atoms with Crippen molar-refractivity contribution >= 4 is 45.0 Å². The van der Waals surface area contributed by atoms with E-state index in [9.17, 15) is 13.2 Å². The van der Waals surface area contributed by atoms with Crippen LogP contribution < -0.4 is 5.32 Å². The molecule has 8 nitrogen and oxygen atoms in total. The Morgan fingerprint density at radius 2 is 1.86 bits per heavy atom. The Kier molecular flexibility index (Phi) is 8.04. The molecule has 190 valence electrons. The van der Waals surface area contributed by atoms with Crippen molar-refractivity contribution in [3.05, 3.63) is 87.3 Å². The number of aliphatic imine (C=N–C) groups is 1. The summed E-state index contributed by atoms with van der Waals surface area (Å²) in [6.45, 7) is 2.11. The maximum absolute atomic E-state index is 12.9. The van der Waals surface area contributed by atoms with Gasteiger partial charge in [-0.2, -0.15) is 4.31 Å². The van der Waals surface area contributed by atoms with Crippen LogP contribution in [0, 0.1) is 0 Å². The Morgan fingerprint density at radius 3 is 2.53 bits per heavy atom. The van der Waals surface area contributed by atoms with Gasteiger partial charge in [-0.1, -0.05) is 47.5 Å². The fraction of sp³-hybridized carbons (Fsp3) is 0.280. The summed E-state index contributed by atoms with van der Waals surface area (Å²) in [6, 6.07) is 13.9. The molecule has 0 fully saturated rings. The number of hydrogen-bond acceptors (Lipinski definition) is 6. The van der Waals surface area contributed by atoms with Gasteiger partial charge < -0.3 is 14.6 Å². The maximum atomic E-state index is 12.9. The molecule has 3 aromatic rings. The number of benzene rings is 2. The van der Waals surface area contributed by atoms with E-state index in [1.54, 1.807) is 18.0 Å². The molecule has 1 aliphatic heterocycles. The van der Waals surface area contributed by atoms with Crippen molar-refractivity contribution in [3.63, 3.8) is 0 Å². The zero-order valence-electron chi connectivity index (χ0n) is 19.9. The standard InChI is InChI=1S/C25H26Cl2N4O4S/c1-30(12-9-17-3-5-18(6-4-17)24-28-10-11-29-24)25(32)19-13-21(35-16-19)15-31(2)36(33,34)23-8-7-20(26)14-22(23)27/h3-8,13-14,16H,9-12,15H2,1-2H3,(H,28,29). The number of nitrogens with zero attached hydrogens (tertiary/aromatic N) is 3. The third-order valence-corrected chi connectivity index (χ3v) is 8.37. The number of carbonyl (C=O) groups excluding carboxylic acids is 1. The van der Waals surface area contributed by atoms with Gasteiger partial charge in [-0.15, -0.1) is 0 Å². The molecule has 11 heteroatoms. The first-order chi connectivity index (χ1) is 17.1. The molecule has 0 radical (unpaired) electrons. The van der Waals surface area contributed by atoms with E-state index < -0.39 is 10.0 Å². The molecule has 1 aromatic heterocycles. The molecule has 0 spiro atoms. The first-order valence-corrected chi connectivity index (χ1v) is 13.5. The lowest BCUT2D eigenvalue weighted by Crippen LogP contribution is -2.28. The normalized spacial score (nSPS) is 13.5. The Balaban J connectivity index is 1.34. The van der Waals surface area contributed by atoms with Crippen LogP contribution in [0.4, 0.5) is 0 Å². The van der Waals surface area contributed by atoms with Crippen molar-refractivity contribution in [2.24, 2.45) is 4.99 Å². The number of halogens is 2. The number of nitrogens with one attached hydrogen (secondary N) is 1. The number of rotatable bonds is 9. The zero-order chi connectivity index (χ0) is 25.9. The van der Waals surface area contributed by atoms with Gasteiger partial charge in [0.1, 0.15) is 22.8 Å². The van der Waals surface area contributed by atoms with E-state index in [2.05, 4.69) is 10.3 Å². The third kappa shape index (κ3) is 5.92. The summed E-state index contributed by atoms with van der Waals surface area (Å²) in [6.07, 6.45) is 2.03. The second-order valence-corrected chi connectivity index (χ2v) is 11.3. The van der Waals surface area contributed by atoms with Crippen LogP contribution in [0.1, 0.15) is 27.2 Å². The zero-order valence-corrected chi connectivity index (χ0v) is 22.2. The fourth-order valence-corrected chi connectivity index (χ4v) is 5.65. The fourth-order valence-electron chi connectivity index (χ4n) is 3.77. The van der Waals surface area contributed by atoms with Crippen molar-refractivity contribution in [3.8, 4) is 0 Å². The molecule has 0 aliphatic carbocycles. The van der Waals surface area contributed by atoms with Crippen LogP contribution in [0.3, 0.4) is 0 Å². The third-order valence-electron chi connectivity index (χ3n) is 5.85. The highest BCUT2D eigenvalue weighted by atomic mass is 35.5. The molecular weight excluding hydrogens is 523 g/mol. The van der Waals surface area contributed by atoms with Crippen molar-refractivity contribution in [2.45, 2.75) is 17.9 Å². The molecule has 1 aliphatic rings. The van der Waals surface area contributed by atoms with Crippen LogP contribution in [0.2, 0.25) is 10.0 Å².